The zero-order valence-corrected chi connectivity index (χ0v) is 12.8. The number of pyridine rings is 1. The highest BCUT2D eigenvalue weighted by Crippen LogP contribution is 2.25. The number of ether oxygens (including phenoxy) is 1. The van der Waals surface area contributed by atoms with Crippen molar-refractivity contribution < 1.29 is 13.9 Å². The molecule has 6 heteroatoms. The van der Waals surface area contributed by atoms with Crippen molar-refractivity contribution in [2.75, 3.05) is 31.1 Å². The van der Waals surface area contributed by atoms with Crippen molar-refractivity contribution in [3.05, 3.63) is 60.7 Å². The smallest absolute Gasteiger partial charge is 0.253 e. The number of nitrogens with zero attached hydrogens (tertiary/aromatic N) is 2. The minimum Gasteiger partial charge on any atom is -0.467 e. The summed E-state index contributed by atoms with van der Waals surface area (Å²) in [6, 6.07) is 7.40. The second-order valence-corrected chi connectivity index (χ2v) is 5.22. The molecular weight excluding hydrogens is 294 g/mol. The molecule has 1 fully saturated rings. The molecule has 1 N–H and O–H groups in total. The van der Waals surface area contributed by atoms with Gasteiger partial charge in [-0.3, -0.25) is 4.79 Å². The fraction of sp³-hybridized carbons (Fsp3) is 0.294. The van der Waals surface area contributed by atoms with Crippen LogP contribution in [0.15, 0.2) is 53.8 Å². The number of carbonyl (C=O) groups excluding carboxylic acids is 1. The van der Waals surface area contributed by atoms with Gasteiger partial charge in [0.15, 0.2) is 0 Å². The highest BCUT2D eigenvalue weighted by molar-refractivity contribution is 5.94. The molecule has 2 aromatic rings. The largest absolute Gasteiger partial charge is 0.467 e. The maximum absolute atomic E-state index is 11.9. The summed E-state index contributed by atoms with van der Waals surface area (Å²) in [6.07, 6.45) is 4.77. The molecule has 0 aliphatic carbocycles. The van der Waals surface area contributed by atoms with Gasteiger partial charge in [0.2, 0.25) is 0 Å². The average Bonchev–Trinajstić information content (AvgIpc) is 3.14. The van der Waals surface area contributed by atoms with E-state index < -0.39 is 0 Å². The first kappa shape index (κ1) is 15.3. The third kappa shape index (κ3) is 3.60. The summed E-state index contributed by atoms with van der Waals surface area (Å²) in [5.74, 6) is 1.49. The van der Waals surface area contributed by atoms with Crippen LogP contribution in [-0.4, -0.2) is 37.1 Å². The minimum absolute atomic E-state index is 0.101. The SMILES string of the molecule is C=CCNC(=O)c1ccc(N2CCOC(c3ccco3)C2)nc1. The zero-order valence-electron chi connectivity index (χ0n) is 12.8. The number of carbonyl (C=O) groups is 1. The van der Waals surface area contributed by atoms with E-state index in [4.69, 9.17) is 9.15 Å². The number of amides is 1. The maximum atomic E-state index is 11.9. The van der Waals surface area contributed by atoms with Crippen molar-refractivity contribution in [2.24, 2.45) is 0 Å². The molecule has 1 atom stereocenters. The van der Waals surface area contributed by atoms with Gasteiger partial charge in [-0.15, -0.1) is 6.58 Å². The molecule has 0 radical (unpaired) electrons. The van der Waals surface area contributed by atoms with E-state index in [-0.39, 0.29) is 12.0 Å². The van der Waals surface area contributed by atoms with E-state index >= 15 is 0 Å². The van der Waals surface area contributed by atoms with E-state index in [1.165, 1.54) is 0 Å². The standard InChI is InChI=1S/C17H19N3O3/c1-2-7-18-17(21)13-5-6-16(19-11-13)20-8-10-23-15(12-20)14-4-3-9-22-14/h2-6,9,11,15H,1,7-8,10,12H2,(H,18,21). The molecule has 3 rings (SSSR count). The topological polar surface area (TPSA) is 67.6 Å². The summed E-state index contributed by atoms with van der Waals surface area (Å²) < 4.78 is 11.2. The molecule has 23 heavy (non-hydrogen) atoms. The molecule has 6 nitrogen and oxygen atoms in total. The van der Waals surface area contributed by atoms with Crippen molar-refractivity contribution in [3.63, 3.8) is 0 Å². The molecule has 3 heterocycles. The Balaban J connectivity index is 1.67. The van der Waals surface area contributed by atoms with Crippen LogP contribution in [0.1, 0.15) is 22.2 Å². The Morgan fingerprint density at radius 1 is 1.48 bits per heavy atom. The van der Waals surface area contributed by atoms with Crippen molar-refractivity contribution in [1.29, 1.82) is 0 Å². The fourth-order valence-electron chi connectivity index (χ4n) is 2.48. The van der Waals surface area contributed by atoms with Crippen LogP contribution in [0.2, 0.25) is 0 Å². The quantitative estimate of drug-likeness (QED) is 0.857. The molecule has 1 unspecified atom stereocenters. The summed E-state index contributed by atoms with van der Waals surface area (Å²) in [5.41, 5.74) is 0.534. The first-order chi connectivity index (χ1) is 11.3. The second kappa shape index (κ2) is 7.11. The van der Waals surface area contributed by atoms with Gasteiger partial charge >= 0.3 is 0 Å². The number of hydrogen-bond donors (Lipinski definition) is 1. The zero-order chi connectivity index (χ0) is 16.1. The van der Waals surface area contributed by atoms with Gasteiger partial charge < -0.3 is 19.4 Å². The Bertz CT molecular complexity index is 652. The molecule has 1 aliphatic rings. The van der Waals surface area contributed by atoms with Crippen LogP contribution < -0.4 is 10.2 Å². The van der Waals surface area contributed by atoms with E-state index in [0.717, 1.165) is 18.1 Å². The predicted octanol–water partition coefficient (Wildman–Crippen LogP) is 2.17. The van der Waals surface area contributed by atoms with Gasteiger partial charge in [-0.1, -0.05) is 6.08 Å². The third-order valence-electron chi connectivity index (χ3n) is 3.67. The van der Waals surface area contributed by atoms with Crippen LogP contribution in [0.4, 0.5) is 5.82 Å². The number of furan rings is 1. The Labute approximate surface area is 134 Å². The molecule has 1 amide bonds. The van der Waals surface area contributed by atoms with Crippen molar-refractivity contribution in [3.8, 4) is 0 Å². The number of anilines is 1. The lowest BCUT2D eigenvalue weighted by Crippen LogP contribution is -2.38. The summed E-state index contributed by atoms with van der Waals surface area (Å²) in [5, 5.41) is 2.73. The van der Waals surface area contributed by atoms with Gasteiger partial charge in [0.25, 0.3) is 5.91 Å². The van der Waals surface area contributed by atoms with Crippen molar-refractivity contribution in [1.82, 2.24) is 10.3 Å². The van der Waals surface area contributed by atoms with Crippen molar-refractivity contribution in [2.45, 2.75) is 6.10 Å². The fourth-order valence-corrected chi connectivity index (χ4v) is 2.48. The number of nitrogens with one attached hydrogen (secondary N) is 1. The monoisotopic (exact) mass is 313 g/mol. The molecule has 0 bridgehead atoms. The second-order valence-electron chi connectivity index (χ2n) is 5.22. The van der Waals surface area contributed by atoms with Gasteiger partial charge in [0.1, 0.15) is 17.7 Å². The summed E-state index contributed by atoms with van der Waals surface area (Å²) in [7, 11) is 0. The first-order valence-corrected chi connectivity index (χ1v) is 7.53. The lowest BCUT2D eigenvalue weighted by Gasteiger charge is -2.32. The van der Waals surface area contributed by atoms with Crippen LogP contribution >= 0.6 is 0 Å². The van der Waals surface area contributed by atoms with Gasteiger partial charge in [0, 0.05) is 19.3 Å². The molecule has 120 valence electrons. The molecule has 0 aromatic carbocycles. The Morgan fingerprint density at radius 3 is 3.09 bits per heavy atom. The third-order valence-corrected chi connectivity index (χ3v) is 3.67. The Hall–Kier alpha value is -2.60. The summed E-state index contributed by atoms with van der Waals surface area (Å²) in [4.78, 5) is 18.4. The van der Waals surface area contributed by atoms with Crippen molar-refractivity contribution >= 4 is 11.7 Å². The van der Waals surface area contributed by atoms with Crippen LogP contribution in [0, 0.1) is 0 Å². The number of rotatable bonds is 5. The highest BCUT2D eigenvalue weighted by Gasteiger charge is 2.24. The molecule has 1 saturated heterocycles. The number of hydrogen-bond acceptors (Lipinski definition) is 5. The van der Waals surface area contributed by atoms with E-state index in [2.05, 4.69) is 21.8 Å². The number of morpholine rings is 1. The van der Waals surface area contributed by atoms with Crippen LogP contribution in [0.5, 0.6) is 0 Å². The molecule has 0 saturated carbocycles. The lowest BCUT2D eigenvalue weighted by atomic mass is 10.2. The Kier molecular flexibility index (Phi) is 4.73. The van der Waals surface area contributed by atoms with Crippen LogP contribution in [0.3, 0.4) is 0 Å². The molecule has 2 aromatic heterocycles. The number of aromatic nitrogens is 1. The molecule has 0 spiro atoms. The molecular formula is C17H19N3O3. The molecule has 1 aliphatic heterocycles. The van der Waals surface area contributed by atoms with E-state index in [9.17, 15) is 4.79 Å². The first-order valence-electron chi connectivity index (χ1n) is 7.53. The van der Waals surface area contributed by atoms with E-state index in [1.54, 1.807) is 24.6 Å². The van der Waals surface area contributed by atoms with Crippen LogP contribution in [0.25, 0.3) is 0 Å². The predicted molar refractivity (Wildman–Crippen MR) is 86.4 cm³/mol. The Morgan fingerprint density at radius 2 is 2.39 bits per heavy atom. The van der Waals surface area contributed by atoms with E-state index in [1.807, 2.05) is 18.2 Å². The summed E-state index contributed by atoms with van der Waals surface area (Å²) >= 11 is 0. The van der Waals surface area contributed by atoms with Crippen LogP contribution in [-0.2, 0) is 4.74 Å². The van der Waals surface area contributed by atoms with Gasteiger partial charge in [0.05, 0.1) is 25.0 Å². The average molecular weight is 313 g/mol. The minimum atomic E-state index is -0.153. The highest BCUT2D eigenvalue weighted by atomic mass is 16.5. The van der Waals surface area contributed by atoms with Gasteiger partial charge in [-0.25, -0.2) is 4.98 Å². The maximum Gasteiger partial charge on any atom is 0.253 e. The van der Waals surface area contributed by atoms with Gasteiger partial charge in [-0.2, -0.15) is 0 Å². The summed E-state index contributed by atoms with van der Waals surface area (Å²) in [6.45, 7) is 6.04. The normalized spacial score (nSPS) is 17.7. The van der Waals surface area contributed by atoms with E-state index in [0.29, 0.717) is 25.3 Å². The lowest BCUT2D eigenvalue weighted by molar-refractivity contribution is 0.0255. The van der Waals surface area contributed by atoms with Gasteiger partial charge in [-0.05, 0) is 24.3 Å².